The van der Waals surface area contributed by atoms with Crippen LogP contribution in [0.5, 0.6) is 0 Å². The first kappa shape index (κ1) is 14.6. The topological polar surface area (TPSA) is 41.1 Å². The second kappa shape index (κ2) is 6.61. The van der Waals surface area contributed by atoms with Gasteiger partial charge in [0.25, 0.3) is 0 Å². The lowest BCUT2D eigenvalue weighted by atomic mass is 9.87. The molecular weight excluding hydrogens is 260 g/mol. The van der Waals surface area contributed by atoms with Gasteiger partial charge in [0, 0.05) is 6.04 Å². The molecule has 0 spiro atoms. The van der Waals surface area contributed by atoms with Crippen LogP contribution in [0, 0.1) is 5.92 Å². The summed E-state index contributed by atoms with van der Waals surface area (Å²) >= 11 is 0. The molecule has 1 aliphatic carbocycles. The van der Waals surface area contributed by atoms with Crippen LogP contribution in [0.3, 0.4) is 0 Å². The van der Waals surface area contributed by atoms with Gasteiger partial charge in [-0.25, -0.2) is 0 Å². The quantitative estimate of drug-likeness (QED) is 0.896. The first-order valence-corrected chi connectivity index (χ1v) is 8.36. The second-order valence-electron chi connectivity index (χ2n) is 6.52. The summed E-state index contributed by atoms with van der Waals surface area (Å²) in [6.45, 7) is 3.20. The molecule has 3 nitrogen and oxygen atoms in total. The van der Waals surface area contributed by atoms with Crippen molar-refractivity contribution >= 4 is 5.91 Å². The molecule has 1 aromatic rings. The molecule has 1 amide bonds. The molecule has 1 saturated heterocycles. The van der Waals surface area contributed by atoms with E-state index < -0.39 is 0 Å². The average Bonchev–Trinajstić information content (AvgIpc) is 2.54. The minimum atomic E-state index is 0.0147. The number of carbonyl (C=O) groups excluding carboxylic acids is 1. The van der Waals surface area contributed by atoms with Crippen molar-refractivity contribution in [2.24, 2.45) is 5.92 Å². The highest BCUT2D eigenvalue weighted by Crippen LogP contribution is 2.22. The molecule has 2 N–H and O–H groups in total. The Hall–Kier alpha value is -1.35. The van der Waals surface area contributed by atoms with E-state index >= 15 is 0 Å². The second-order valence-corrected chi connectivity index (χ2v) is 6.52. The Morgan fingerprint density at radius 3 is 2.90 bits per heavy atom. The van der Waals surface area contributed by atoms with Gasteiger partial charge in [-0.1, -0.05) is 37.6 Å². The number of carbonyl (C=O) groups is 1. The van der Waals surface area contributed by atoms with Gasteiger partial charge in [-0.05, 0) is 55.7 Å². The number of hydrogen-bond donors (Lipinski definition) is 2. The molecule has 21 heavy (non-hydrogen) atoms. The van der Waals surface area contributed by atoms with Crippen LogP contribution in [-0.4, -0.2) is 24.5 Å². The maximum absolute atomic E-state index is 12.5. The molecule has 1 heterocycles. The van der Waals surface area contributed by atoms with Gasteiger partial charge >= 0.3 is 0 Å². The fourth-order valence-corrected chi connectivity index (χ4v) is 3.69. The summed E-state index contributed by atoms with van der Waals surface area (Å²) in [4.78, 5) is 12.5. The number of piperidine rings is 1. The van der Waals surface area contributed by atoms with E-state index in [1.165, 1.54) is 24.0 Å². The van der Waals surface area contributed by atoms with Crippen molar-refractivity contribution in [1.82, 2.24) is 10.6 Å². The number of hydrogen-bond acceptors (Lipinski definition) is 2. The van der Waals surface area contributed by atoms with Crippen molar-refractivity contribution in [3.63, 3.8) is 0 Å². The molecule has 0 radical (unpaired) electrons. The first-order valence-electron chi connectivity index (χ1n) is 8.36. The molecule has 1 aliphatic heterocycles. The summed E-state index contributed by atoms with van der Waals surface area (Å²) in [6.07, 6.45) is 6.50. The summed E-state index contributed by atoms with van der Waals surface area (Å²) in [6, 6.07) is 8.92. The molecule has 3 heteroatoms. The molecule has 0 saturated carbocycles. The maximum Gasteiger partial charge on any atom is 0.237 e. The van der Waals surface area contributed by atoms with Crippen LogP contribution >= 0.6 is 0 Å². The monoisotopic (exact) mass is 286 g/mol. The predicted molar refractivity (Wildman–Crippen MR) is 85.2 cm³/mol. The van der Waals surface area contributed by atoms with E-state index in [0.29, 0.717) is 12.0 Å². The van der Waals surface area contributed by atoms with Crippen LogP contribution in [0.2, 0.25) is 0 Å². The van der Waals surface area contributed by atoms with Crippen LogP contribution in [0.4, 0.5) is 0 Å². The van der Waals surface area contributed by atoms with Gasteiger partial charge in [0.2, 0.25) is 5.91 Å². The largest absolute Gasteiger partial charge is 0.352 e. The van der Waals surface area contributed by atoms with Crippen molar-refractivity contribution in [1.29, 1.82) is 0 Å². The Kier molecular flexibility index (Phi) is 4.59. The third kappa shape index (κ3) is 3.46. The van der Waals surface area contributed by atoms with Gasteiger partial charge in [-0.2, -0.15) is 0 Å². The van der Waals surface area contributed by atoms with Gasteiger partial charge in [-0.3, -0.25) is 4.79 Å². The Morgan fingerprint density at radius 2 is 2.10 bits per heavy atom. The summed E-state index contributed by atoms with van der Waals surface area (Å²) < 4.78 is 0. The Morgan fingerprint density at radius 1 is 1.29 bits per heavy atom. The molecule has 3 unspecified atom stereocenters. The number of aryl methyl sites for hydroxylation is 1. The van der Waals surface area contributed by atoms with Gasteiger partial charge in [0.1, 0.15) is 0 Å². The Bertz CT molecular complexity index is 500. The van der Waals surface area contributed by atoms with Crippen molar-refractivity contribution in [3.8, 4) is 0 Å². The standard InChI is InChI=1S/C18H26N2O/c1-2-13-9-10-19-17(11-13)18(21)20-16-8-7-14-5-3-4-6-15(14)12-16/h3-6,13,16-17,19H,2,7-12H2,1H3,(H,20,21). The number of nitrogens with one attached hydrogen (secondary N) is 2. The van der Waals surface area contributed by atoms with Gasteiger partial charge in [0.15, 0.2) is 0 Å². The van der Waals surface area contributed by atoms with Crippen LogP contribution < -0.4 is 10.6 Å². The van der Waals surface area contributed by atoms with Crippen LogP contribution in [-0.2, 0) is 17.6 Å². The highest BCUT2D eigenvalue weighted by molar-refractivity contribution is 5.82. The predicted octanol–water partition coefficient (Wildman–Crippen LogP) is 2.44. The minimum absolute atomic E-state index is 0.0147. The lowest BCUT2D eigenvalue weighted by Gasteiger charge is -2.31. The highest BCUT2D eigenvalue weighted by Gasteiger charge is 2.28. The third-order valence-electron chi connectivity index (χ3n) is 5.10. The van der Waals surface area contributed by atoms with Crippen LogP contribution in [0.15, 0.2) is 24.3 Å². The fourth-order valence-electron chi connectivity index (χ4n) is 3.69. The zero-order valence-electron chi connectivity index (χ0n) is 12.9. The minimum Gasteiger partial charge on any atom is -0.352 e. The lowest BCUT2D eigenvalue weighted by Crippen LogP contribution is -2.52. The zero-order valence-corrected chi connectivity index (χ0v) is 12.9. The molecule has 2 aliphatic rings. The molecule has 3 rings (SSSR count). The number of fused-ring (bicyclic) bond motifs is 1. The number of amides is 1. The van der Waals surface area contributed by atoms with Crippen molar-refractivity contribution in [2.75, 3.05) is 6.54 Å². The third-order valence-corrected chi connectivity index (χ3v) is 5.10. The summed E-state index contributed by atoms with van der Waals surface area (Å²) in [5.74, 6) is 0.909. The van der Waals surface area contributed by atoms with E-state index in [1.807, 2.05) is 0 Å². The van der Waals surface area contributed by atoms with Crippen molar-refractivity contribution in [2.45, 2.75) is 57.5 Å². The first-order chi connectivity index (χ1) is 10.3. The smallest absolute Gasteiger partial charge is 0.237 e. The zero-order chi connectivity index (χ0) is 14.7. The van der Waals surface area contributed by atoms with Crippen molar-refractivity contribution < 1.29 is 4.79 Å². The van der Waals surface area contributed by atoms with Gasteiger partial charge < -0.3 is 10.6 Å². The van der Waals surface area contributed by atoms with Crippen LogP contribution in [0.1, 0.15) is 43.7 Å². The van der Waals surface area contributed by atoms with E-state index in [9.17, 15) is 4.79 Å². The normalized spacial score (nSPS) is 28.7. The fraction of sp³-hybridized carbons (Fsp3) is 0.611. The van der Waals surface area contributed by atoms with E-state index in [2.05, 4.69) is 41.8 Å². The molecule has 3 atom stereocenters. The Balaban J connectivity index is 1.56. The van der Waals surface area contributed by atoms with E-state index in [-0.39, 0.29) is 11.9 Å². The number of benzene rings is 1. The molecule has 0 bridgehead atoms. The summed E-state index contributed by atoms with van der Waals surface area (Å²) in [5, 5.41) is 6.65. The van der Waals surface area contributed by atoms with Gasteiger partial charge in [-0.15, -0.1) is 0 Å². The van der Waals surface area contributed by atoms with Crippen molar-refractivity contribution in [3.05, 3.63) is 35.4 Å². The highest BCUT2D eigenvalue weighted by atomic mass is 16.2. The molecule has 114 valence electrons. The maximum atomic E-state index is 12.5. The van der Waals surface area contributed by atoms with E-state index in [0.717, 1.165) is 32.2 Å². The Labute approximate surface area is 127 Å². The lowest BCUT2D eigenvalue weighted by molar-refractivity contribution is -0.124. The summed E-state index contributed by atoms with van der Waals surface area (Å²) in [5.41, 5.74) is 2.85. The molecule has 0 aromatic heterocycles. The SMILES string of the molecule is CCC1CCNC(C(=O)NC2CCc3ccccc3C2)C1. The van der Waals surface area contributed by atoms with Gasteiger partial charge in [0.05, 0.1) is 6.04 Å². The molecule has 1 aromatic carbocycles. The number of rotatable bonds is 3. The van der Waals surface area contributed by atoms with E-state index in [1.54, 1.807) is 0 Å². The molecular formula is C18H26N2O. The molecule has 1 fully saturated rings. The summed E-state index contributed by atoms with van der Waals surface area (Å²) in [7, 11) is 0. The van der Waals surface area contributed by atoms with Crippen LogP contribution in [0.25, 0.3) is 0 Å². The average molecular weight is 286 g/mol. The van der Waals surface area contributed by atoms with E-state index in [4.69, 9.17) is 0 Å².